The van der Waals surface area contributed by atoms with Crippen molar-refractivity contribution in [2.45, 2.75) is 25.9 Å². The first kappa shape index (κ1) is 19.5. The first-order valence-electron chi connectivity index (χ1n) is 10.6. The Hall–Kier alpha value is -3.48. The Morgan fingerprint density at radius 3 is 2.48 bits per heavy atom. The second-order valence-corrected chi connectivity index (χ2v) is 8.39. The molecule has 2 fully saturated rings. The van der Waals surface area contributed by atoms with Gasteiger partial charge in [0.1, 0.15) is 11.4 Å². The van der Waals surface area contributed by atoms with Crippen LogP contribution in [0.1, 0.15) is 30.3 Å². The molecule has 3 aromatic rings. The van der Waals surface area contributed by atoms with Crippen molar-refractivity contribution in [3.63, 3.8) is 0 Å². The lowest BCUT2D eigenvalue weighted by atomic mass is 10.0. The summed E-state index contributed by atoms with van der Waals surface area (Å²) < 4.78 is 7.58. The molecule has 1 aliphatic carbocycles. The SMILES string of the molecule is CC(=O)c1ccn(C(=O)N2C[C@H]3C[C@H](Oc4cccc(-c5cccnc5)c4)C[C@H]3C2)n1. The van der Waals surface area contributed by atoms with E-state index in [0.29, 0.717) is 30.6 Å². The first-order chi connectivity index (χ1) is 15.1. The van der Waals surface area contributed by atoms with Crippen molar-refractivity contribution in [1.82, 2.24) is 19.7 Å². The van der Waals surface area contributed by atoms with Crippen LogP contribution >= 0.6 is 0 Å². The lowest BCUT2D eigenvalue weighted by Gasteiger charge is -2.20. The Balaban J connectivity index is 1.20. The molecule has 1 saturated heterocycles. The maximum absolute atomic E-state index is 12.7. The number of ketones is 1. The number of carbonyl (C=O) groups excluding carboxylic acids is 2. The van der Waals surface area contributed by atoms with Gasteiger partial charge < -0.3 is 9.64 Å². The molecule has 3 heterocycles. The van der Waals surface area contributed by atoms with Gasteiger partial charge in [0.05, 0.1) is 6.10 Å². The van der Waals surface area contributed by atoms with Gasteiger partial charge >= 0.3 is 6.03 Å². The Bertz CT molecular complexity index is 1100. The number of Topliss-reactive ketones (excluding diaryl/α,β-unsaturated/α-hetero) is 1. The molecule has 7 heteroatoms. The highest BCUT2D eigenvalue weighted by molar-refractivity contribution is 5.92. The Morgan fingerprint density at radius 1 is 1.03 bits per heavy atom. The van der Waals surface area contributed by atoms with Crippen LogP contribution in [-0.4, -0.2) is 50.7 Å². The number of benzene rings is 1. The molecule has 2 aromatic heterocycles. The molecule has 1 saturated carbocycles. The number of rotatable bonds is 4. The average molecular weight is 416 g/mol. The summed E-state index contributed by atoms with van der Waals surface area (Å²) in [5.41, 5.74) is 2.47. The highest BCUT2D eigenvalue weighted by atomic mass is 16.5. The minimum atomic E-state index is -0.163. The zero-order chi connectivity index (χ0) is 21.4. The third-order valence-corrected chi connectivity index (χ3v) is 6.26. The summed E-state index contributed by atoms with van der Waals surface area (Å²) in [5.74, 6) is 1.58. The number of carbonyl (C=O) groups is 2. The van der Waals surface area contributed by atoms with Crippen LogP contribution in [0.2, 0.25) is 0 Å². The monoisotopic (exact) mass is 416 g/mol. The summed E-state index contributed by atoms with van der Waals surface area (Å²) >= 11 is 0. The fourth-order valence-corrected chi connectivity index (χ4v) is 4.73. The summed E-state index contributed by atoms with van der Waals surface area (Å²) in [4.78, 5) is 30.2. The topological polar surface area (TPSA) is 77.3 Å². The molecule has 1 aromatic carbocycles. The van der Waals surface area contributed by atoms with E-state index in [0.717, 1.165) is 29.7 Å². The van der Waals surface area contributed by atoms with Crippen molar-refractivity contribution in [2.75, 3.05) is 13.1 Å². The van der Waals surface area contributed by atoms with E-state index in [9.17, 15) is 9.59 Å². The zero-order valence-electron chi connectivity index (χ0n) is 17.3. The third-order valence-electron chi connectivity index (χ3n) is 6.26. The number of pyridine rings is 1. The summed E-state index contributed by atoms with van der Waals surface area (Å²) in [7, 11) is 0. The molecule has 0 spiro atoms. The Kier molecular flexibility index (Phi) is 5.02. The Labute approximate surface area is 180 Å². The summed E-state index contributed by atoms with van der Waals surface area (Å²) in [6, 6.07) is 13.5. The van der Waals surface area contributed by atoms with Crippen molar-refractivity contribution < 1.29 is 14.3 Å². The number of hydrogen-bond donors (Lipinski definition) is 0. The van der Waals surface area contributed by atoms with Crippen LogP contribution in [-0.2, 0) is 0 Å². The van der Waals surface area contributed by atoms with Crippen LogP contribution in [0.5, 0.6) is 5.75 Å². The van der Waals surface area contributed by atoms with Crippen LogP contribution < -0.4 is 4.74 Å². The van der Waals surface area contributed by atoms with E-state index in [-0.39, 0.29) is 17.9 Å². The van der Waals surface area contributed by atoms with Crippen LogP contribution in [0.3, 0.4) is 0 Å². The fraction of sp³-hybridized carbons (Fsp3) is 0.333. The molecule has 0 radical (unpaired) electrons. The van der Waals surface area contributed by atoms with E-state index >= 15 is 0 Å². The number of likely N-dealkylation sites (tertiary alicyclic amines) is 1. The minimum absolute atomic E-state index is 0.141. The van der Waals surface area contributed by atoms with Gasteiger partial charge in [0, 0.05) is 44.2 Å². The Morgan fingerprint density at radius 2 is 1.81 bits per heavy atom. The largest absolute Gasteiger partial charge is 0.490 e. The van der Waals surface area contributed by atoms with E-state index in [1.807, 2.05) is 35.4 Å². The average Bonchev–Trinajstić information content (AvgIpc) is 3.49. The summed E-state index contributed by atoms with van der Waals surface area (Å²) in [6.07, 6.45) is 7.21. The van der Waals surface area contributed by atoms with Crippen molar-refractivity contribution >= 4 is 11.8 Å². The summed E-state index contributed by atoms with van der Waals surface area (Å²) in [5, 5.41) is 4.10. The molecule has 3 atom stereocenters. The van der Waals surface area contributed by atoms with Gasteiger partial charge in [-0.2, -0.15) is 9.78 Å². The van der Waals surface area contributed by atoms with Crippen molar-refractivity contribution in [3.05, 3.63) is 66.7 Å². The van der Waals surface area contributed by atoms with E-state index in [4.69, 9.17) is 4.74 Å². The van der Waals surface area contributed by atoms with Crippen molar-refractivity contribution in [1.29, 1.82) is 0 Å². The second kappa shape index (κ2) is 7.98. The molecule has 0 unspecified atom stereocenters. The predicted octanol–water partition coefficient (Wildman–Crippen LogP) is 3.91. The van der Waals surface area contributed by atoms with Gasteiger partial charge in [0.2, 0.25) is 0 Å². The number of hydrogen-bond acceptors (Lipinski definition) is 5. The molecular weight excluding hydrogens is 392 g/mol. The highest BCUT2D eigenvalue weighted by Gasteiger charge is 2.43. The third kappa shape index (κ3) is 3.95. The van der Waals surface area contributed by atoms with Crippen LogP contribution in [0.25, 0.3) is 11.1 Å². The van der Waals surface area contributed by atoms with Crippen molar-refractivity contribution in [2.24, 2.45) is 11.8 Å². The van der Waals surface area contributed by atoms with E-state index in [1.54, 1.807) is 18.5 Å². The molecular formula is C24H24N4O3. The number of aromatic nitrogens is 3. The van der Waals surface area contributed by atoms with Gasteiger partial charge in [-0.1, -0.05) is 18.2 Å². The van der Waals surface area contributed by atoms with Crippen molar-refractivity contribution in [3.8, 4) is 16.9 Å². The first-order valence-corrected chi connectivity index (χ1v) is 10.6. The molecule has 2 aliphatic rings. The van der Waals surface area contributed by atoms with Gasteiger partial charge in [-0.25, -0.2) is 4.79 Å². The van der Waals surface area contributed by atoms with Gasteiger partial charge in [-0.05, 0) is 54.5 Å². The number of ether oxygens (including phenoxy) is 1. The number of nitrogens with zero attached hydrogens (tertiary/aromatic N) is 4. The molecule has 1 amide bonds. The molecule has 31 heavy (non-hydrogen) atoms. The quantitative estimate of drug-likeness (QED) is 0.603. The number of amides is 1. The van der Waals surface area contributed by atoms with Crippen LogP contribution in [0.4, 0.5) is 4.79 Å². The van der Waals surface area contributed by atoms with Gasteiger partial charge in [0.15, 0.2) is 5.78 Å². The lowest BCUT2D eigenvalue weighted by molar-refractivity contribution is 0.101. The van der Waals surface area contributed by atoms with E-state index < -0.39 is 0 Å². The molecule has 7 nitrogen and oxygen atoms in total. The predicted molar refractivity (Wildman–Crippen MR) is 115 cm³/mol. The molecule has 5 rings (SSSR count). The van der Waals surface area contributed by atoms with Crippen LogP contribution in [0, 0.1) is 11.8 Å². The molecule has 0 N–H and O–H groups in total. The van der Waals surface area contributed by atoms with E-state index in [2.05, 4.69) is 22.2 Å². The lowest BCUT2D eigenvalue weighted by Crippen LogP contribution is -2.34. The standard InChI is InChI=1S/C24H24N4O3/c1-16(29)23-7-9-28(26-23)24(30)27-14-19-11-22(12-20(19)15-27)31-21-6-2-4-17(10-21)18-5-3-8-25-13-18/h2-10,13,19-20,22H,11-12,14-15H2,1H3/t19-,20+,22+. The molecule has 0 bridgehead atoms. The zero-order valence-corrected chi connectivity index (χ0v) is 17.3. The normalized spacial score (nSPS) is 22.4. The van der Waals surface area contributed by atoms with Crippen LogP contribution in [0.15, 0.2) is 61.1 Å². The van der Waals surface area contributed by atoms with Gasteiger partial charge in [0.25, 0.3) is 0 Å². The maximum atomic E-state index is 12.7. The fourth-order valence-electron chi connectivity index (χ4n) is 4.73. The molecule has 1 aliphatic heterocycles. The van der Waals surface area contributed by atoms with Gasteiger partial charge in [-0.15, -0.1) is 0 Å². The number of fused-ring (bicyclic) bond motifs is 1. The minimum Gasteiger partial charge on any atom is -0.490 e. The smallest absolute Gasteiger partial charge is 0.344 e. The second-order valence-electron chi connectivity index (χ2n) is 8.39. The maximum Gasteiger partial charge on any atom is 0.344 e. The highest BCUT2D eigenvalue weighted by Crippen LogP contribution is 2.40. The van der Waals surface area contributed by atoms with E-state index in [1.165, 1.54) is 11.6 Å². The molecule has 158 valence electrons. The summed E-state index contributed by atoms with van der Waals surface area (Å²) in [6.45, 7) is 2.85. The van der Waals surface area contributed by atoms with Gasteiger partial charge in [-0.3, -0.25) is 9.78 Å².